The average molecular weight is 264 g/mol. The van der Waals surface area contributed by atoms with Crippen LogP contribution in [0.4, 0.5) is 0 Å². The van der Waals surface area contributed by atoms with Gasteiger partial charge in [-0.25, -0.2) is 0 Å². The molecular weight excluding hydrogens is 242 g/mol. The van der Waals surface area contributed by atoms with Crippen LogP contribution in [0.2, 0.25) is 0 Å². The number of hydrogen-bond donors (Lipinski definition) is 1. The summed E-state index contributed by atoms with van der Waals surface area (Å²) in [5, 5.41) is 9.28. The number of likely N-dealkylation sites (tertiary alicyclic amines) is 1. The number of ether oxygens (including phenoxy) is 2. The van der Waals surface area contributed by atoms with Gasteiger partial charge in [-0.2, -0.15) is 0 Å². The molecule has 2 heterocycles. The fourth-order valence-corrected chi connectivity index (χ4v) is 3.22. The first-order valence-corrected chi connectivity index (χ1v) is 7.01. The normalized spacial score (nSPS) is 29.5. The van der Waals surface area contributed by atoms with E-state index in [0.29, 0.717) is 25.7 Å². The molecule has 2 unspecified atom stereocenters. The Hall–Kier alpha value is -1.26. The van der Waals surface area contributed by atoms with Gasteiger partial charge in [-0.15, -0.1) is 0 Å². The summed E-state index contributed by atoms with van der Waals surface area (Å²) in [4.78, 5) is 0. The van der Waals surface area contributed by atoms with Gasteiger partial charge < -0.3 is 19.1 Å². The van der Waals surface area contributed by atoms with Crippen molar-refractivity contribution < 1.29 is 19.1 Å². The molecular formula is C15H22NO3+. The molecule has 1 N–H and O–H groups in total. The Labute approximate surface area is 114 Å². The first kappa shape index (κ1) is 12.8. The van der Waals surface area contributed by atoms with Crippen LogP contribution in [0.3, 0.4) is 0 Å². The quantitative estimate of drug-likeness (QED) is 0.839. The largest absolute Gasteiger partial charge is 0.486 e. The molecule has 1 aromatic rings. The number of hydrogen-bond acceptors (Lipinski definition) is 3. The molecule has 0 radical (unpaired) electrons. The van der Waals surface area contributed by atoms with Gasteiger partial charge in [-0.3, -0.25) is 0 Å². The third-order valence-corrected chi connectivity index (χ3v) is 4.21. The monoisotopic (exact) mass is 264 g/mol. The Bertz CT molecular complexity index is 463. The van der Waals surface area contributed by atoms with Crippen molar-refractivity contribution in [3.63, 3.8) is 0 Å². The maximum absolute atomic E-state index is 9.28. The second-order valence-electron chi connectivity index (χ2n) is 6.00. The molecule has 0 bridgehead atoms. The minimum atomic E-state index is 0.314. The third-order valence-electron chi connectivity index (χ3n) is 4.21. The molecule has 1 saturated heterocycles. The van der Waals surface area contributed by atoms with Crippen LogP contribution in [0.5, 0.6) is 11.5 Å². The molecule has 4 nitrogen and oxygen atoms in total. The summed E-state index contributed by atoms with van der Waals surface area (Å²) in [6.45, 7) is 4.78. The lowest BCUT2D eigenvalue weighted by Crippen LogP contribution is -2.41. The minimum Gasteiger partial charge on any atom is -0.486 e. The topological polar surface area (TPSA) is 38.7 Å². The highest BCUT2D eigenvalue weighted by atomic mass is 16.6. The van der Waals surface area contributed by atoms with E-state index in [1.807, 2.05) is 6.07 Å². The molecule has 104 valence electrons. The van der Waals surface area contributed by atoms with Gasteiger partial charge in [-0.1, -0.05) is 0 Å². The van der Waals surface area contributed by atoms with Crippen LogP contribution in [0.15, 0.2) is 18.2 Å². The molecule has 0 spiro atoms. The summed E-state index contributed by atoms with van der Waals surface area (Å²) in [5.74, 6) is 2.18. The Kier molecular flexibility index (Phi) is 3.37. The smallest absolute Gasteiger partial charge is 0.161 e. The molecule has 3 rings (SSSR count). The lowest BCUT2D eigenvalue weighted by Gasteiger charge is -2.30. The van der Waals surface area contributed by atoms with Gasteiger partial charge in [0.05, 0.1) is 26.7 Å². The number of fused-ring (bicyclic) bond motifs is 1. The summed E-state index contributed by atoms with van der Waals surface area (Å²) in [5.41, 5.74) is 1.28. The number of quaternary nitrogens is 1. The van der Waals surface area contributed by atoms with Gasteiger partial charge >= 0.3 is 0 Å². The van der Waals surface area contributed by atoms with E-state index in [9.17, 15) is 5.11 Å². The lowest BCUT2D eigenvalue weighted by molar-refractivity contribution is -0.912. The molecule has 2 aliphatic heterocycles. The Morgan fingerprint density at radius 1 is 1.26 bits per heavy atom. The van der Waals surface area contributed by atoms with E-state index < -0.39 is 0 Å². The summed E-state index contributed by atoms with van der Waals surface area (Å²) in [7, 11) is 2.27. The molecule has 1 fully saturated rings. The van der Waals surface area contributed by atoms with Crippen molar-refractivity contribution in [2.45, 2.75) is 13.0 Å². The van der Waals surface area contributed by atoms with Crippen molar-refractivity contribution in [3.05, 3.63) is 23.8 Å². The maximum Gasteiger partial charge on any atom is 0.161 e. The van der Waals surface area contributed by atoms with Crippen LogP contribution >= 0.6 is 0 Å². The summed E-state index contributed by atoms with van der Waals surface area (Å²) in [6, 6.07) is 6.24. The third kappa shape index (κ3) is 2.69. The van der Waals surface area contributed by atoms with E-state index in [-0.39, 0.29) is 0 Å². The Morgan fingerprint density at radius 3 is 2.79 bits per heavy atom. The fourth-order valence-electron chi connectivity index (χ4n) is 3.22. The zero-order chi connectivity index (χ0) is 13.3. The molecule has 0 amide bonds. The zero-order valence-corrected chi connectivity index (χ0v) is 11.5. The first-order chi connectivity index (χ1) is 9.18. The van der Waals surface area contributed by atoms with Crippen molar-refractivity contribution in [3.8, 4) is 11.5 Å². The SMILES string of the molecule is C[N+]1(Cc2ccc3c(c2)OCCO3)CCC(CO)C1. The van der Waals surface area contributed by atoms with Gasteiger partial charge in [0.2, 0.25) is 0 Å². The highest BCUT2D eigenvalue weighted by Crippen LogP contribution is 2.33. The van der Waals surface area contributed by atoms with Gasteiger partial charge in [0.15, 0.2) is 11.5 Å². The zero-order valence-electron chi connectivity index (χ0n) is 11.5. The van der Waals surface area contributed by atoms with Crippen molar-refractivity contribution in [2.75, 3.05) is 40.0 Å². The van der Waals surface area contributed by atoms with Crippen LogP contribution in [0.25, 0.3) is 0 Å². The van der Waals surface area contributed by atoms with Crippen LogP contribution in [-0.4, -0.2) is 49.5 Å². The summed E-state index contributed by atoms with van der Waals surface area (Å²) >= 11 is 0. The lowest BCUT2D eigenvalue weighted by atomic mass is 10.1. The standard InChI is InChI=1S/C15H22NO3/c1-16(5-4-13(10-16)11-17)9-12-2-3-14-15(8-12)19-7-6-18-14/h2-3,8,13,17H,4-7,9-11H2,1H3/q+1. The van der Waals surface area contributed by atoms with Gasteiger partial charge in [0.1, 0.15) is 19.8 Å². The molecule has 2 atom stereocenters. The number of nitrogens with zero attached hydrogens (tertiary/aromatic N) is 1. The number of aliphatic hydroxyl groups is 1. The van der Waals surface area contributed by atoms with E-state index in [1.165, 1.54) is 5.56 Å². The van der Waals surface area contributed by atoms with Crippen LogP contribution in [-0.2, 0) is 6.54 Å². The van der Waals surface area contributed by atoms with Crippen molar-refractivity contribution in [1.82, 2.24) is 0 Å². The van der Waals surface area contributed by atoms with Crippen molar-refractivity contribution >= 4 is 0 Å². The van der Waals surface area contributed by atoms with E-state index in [4.69, 9.17) is 9.47 Å². The van der Waals surface area contributed by atoms with E-state index in [2.05, 4.69) is 19.2 Å². The van der Waals surface area contributed by atoms with Gasteiger partial charge in [-0.05, 0) is 18.2 Å². The second kappa shape index (κ2) is 5.02. The van der Waals surface area contributed by atoms with Crippen molar-refractivity contribution in [1.29, 1.82) is 0 Å². The number of rotatable bonds is 3. The predicted octanol–water partition coefficient (Wildman–Crippen LogP) is 1.42. The summed E-state index contributed by atoms with van der Waals surface area (Å²) in [6.07, 6.45) is 1.12. The summed E-state index contributed by atoms with van der Waals surface area (Å²) < 4.78 is 12.2. The number of aliphatic hydroxyl groups excluding tert-OH is 1. The Balaban J connectivity index is 1.73. The van der Waals surface area contributed by atoms with Gasteiger partial charge in [0, 0.05) is 17.9 Å². The average Bonchev–Trinajstić information content (AvgIpc) is 2.80. The van der Waals surface area contributed by atoms with Gasteiger partial charge in [0.25, 0.3) is 0 Å². The molecule has 0 aliphatic carbocycles. The molecule has 2 aliphatic rings. The van der Waals surface area contributed by atoms with E-state index in [1.54, 1.807) is 0 Å². The van der Waals surface area contributed by atoms with E-state index in [0.717, 1.165) is 42.0 Å². The predicted molar refractivity (Wildman–Crippen MR) is 72.2 cm³/mol. The number of benzene rings is 1. The van der Waals surface area contributed by atoms with Crippen LogP contribution in [0, 0.1) is 5.92 Å². The molecule has 0 aromatic heterocycles. The van der Waals surface area contributed by atoms with E-state index >= 15 is 0 Å². The van der Waals surface area contributed by atoms with Crippen LogP contribution in [0.1, 0.15) is 12.0 Å². The fraction of sp³-hybridized carbons (Fsp3) is 0.600. The highest BCUT2D eigenvalue weighted by molar-refractivity contribution is 5.43. The minimum absolute atomic E-state index is 0.314. The molecule has 4 heteroatoms. The molecule has 0 saturated carbocycles. The Morgan fingerprint density at radius 2 is 2.05 bits per heavy atom. The molecule has 1 aromatic carbocycles. The second-order valence-corrected chi connectivity index (χ2v) is 6.00. The highest BCUT2D eigenvalue weighted by Gasteiger charge is 2.34. The molecule has 19 heavy (non-hydrogen) atoms. The maximum atomic E-state index is 9.28. The van der Waals surface area contributed by atoms with Crippen molar-refractivity contribution in [2.24, 2.45) is 5.92 Å². The van der Waals surface area contributed by atoms with Crippen LogP contribution < -0.4 is 9.47 Å². The first-order valence-electron chi connectivity index (χ1n) is 7.01.